The van der Waals surface area contributed by atoms with Gasteiger partial charge in [0.15, 0.2) is 0 Å². The first-order chi connectivity index (χ1) is 12.9. The van der Waals surface area contributed by atoms with Gasteiger partial charge in [0.05, 0.1) is 16.9 Å². The van der Waals surface area contributed by atoms with E-state index >= 15 is 0 Å². The minimum absolute atomic E-state index is 1.15. The molecule has 2 aliphatic carbocycles. The predicted octanol–water partition coefficient (Wildman–Crippen LogP) is 5.60. The fourth-order valence-corrected chi connectivity index (χ4v) is 5.15. The summed E-state index contributed by atoms with van der Waals surface area (Å²) in [4.78, 5) is 3.86. The van der Waals surface area contributed by atoms with Crippen LogP contribution in [0.25, 0.3) is 28.0 Å². The van der Waals surface area contributed by atoms with E-state index < -0.39 is 0 Å². The summed E-state index contributed by atoms with van der Waals surface area (Å²) in [5, 5.41) is 1.41. The molecule has 0 saturated heterocycles. The molecule has 2 nitrogen and oxygen atoms in total. The van der Waals surface area contributed by atoms with E-state index in [9.17, 15) is 0 Å². The van der Waals surface area contributed by atoms with E-state index in [1.165, 1.54) is 71.3 Å². The molecule has 2 heteroatoms. The van der Waals surface area contributed by atoms with Gasteiger partial charge in [0, 0.05) is 16.8 Å². The molecule has 0 amide bonds. The lowest BCUT2D eigenvalue weighted by molar-refractivity contribution is 0.672. The third-order valence-corrected chi connectivity index (χ3v) is 6.27. The van der Waals surface area contributed by atoms with E-state index in [-0.39, 0.29) is 0 Å². The average Bonchev–Trinajstić information content (AvgIpc) is 3.24. The minimum Gasteiger partial charge on any atom is -0.357 e. The minimum atomic E-state index is 1.15. The second kappa shape index (κ2) is 5.38. The van der Waals surface area contributed by atoms with Gasteiger partial charge in [-0.3, -0.25) is 0 Å². The van der Waals surface area contributed by atoms with Crippen LogP contribution in [0.15, 0.2) is 54.6 Å². The number of benzene rings is 2. The van der Waals surface area contributed by atoms with Crippen LogP contribution < -0.4 is 0 Å². The maximum absolute atomic E-state index is 3.86. The fourth-order valence-electron chi connectivity index (χ4n) is 5.15. The Labute approximate surface area is 153 Å². The van der Waals surface area contributed by atoms with E-state index in [0.29, 0.717) is 0 Å². The van der Waals surface area contributed by atoms with Gasteiger partial charge in [-0.25, -0.2) is 0 Å². The maximum atomic E-state index is 3.86. The quantitative estimate of drug-likeness (QED) is 0.466. The Morgan fingerprint density at radius 1 is 0.692 bits per heavy atom. The molecule has 4 aromatic rings. The molecule has 26 heavy (non-hydrogen) atoms. The van der Waals surface area contributed by atoms with Gasteiger partial charge < -0.3 is 9.55 Å². The van der Waals surface area contributed by atoms with Crippen molar-refractivity contribution in [3.05, 3.63) is 77.0 Å². The molecule has 0 atom stereocenters. The van der Waals surface area contributed by atoms with Gasteiger partial charge >= 0.3 is 0 Å². The number of hydrogen-bond acceptors (Lipinski definition) is 0. The second-order valence-electron chi connectivity index (χ2n) is 7.66. The number of H-pyrrole nitrogens is 1. The first-order valence-electron chi connectivity index (χ1n) is 9.82. The van der Waals surface area contributed by atoms with Crippen molar-refractivity contribution < 1.29 is 0 Å². The number of para-hydroxylation sites is 2. The zero-order valence-electron chi connectivity index (χ0n) is 14.9. The number of nitrogens with one attached hydrogen (secondary N) is 1. The maximum Gasteiger partial charge on any atom is 0.0738 e. The third kappa shape index (κ3) is 1.87. The largest absolute Gasteiger partial charge is 0.357 e. The van der Waals surface area contributed by atoms with E-state index in [0.717, 1.165) is 6.42 Å². The van der Waals surface area contributed by atoms with Crippen LogP contribution in [-0.2, 0) is 25.7 Å². The molecule has 0 radical (unpaired) electrons. The van der Waals surface area contributed by atoms with Crippen molar-refractivity contribution in [1.82, 2.24) is 9.55 Å². The third-order valence-electron chi connectivity index (χ3n) is 6.27. The van der Waals surface area contributed by atoms with E-state index in [1.807, 2.05) is 0 Å². The molecule has 1 N–H and O–H groups in total. The molecule has 0 unspecified atom stereocenters. The Morgan fingerprint density at radius 2 is 1.46 bits per heavy atom. The number of aryl methyl sites for hydroxylation is 2. The molecule has 2 heterocycles. The van der Waals surface area contributed by atoms with Crippen molar-refractivity contribution >= 4 is 10.9 Å². The van der Waals surface area contributed by atoms with Crippen LogP contribution in [0.2, 0.25) is 0 Å². The fraction of sp³-hybridized carbons (Fsp3) is 0.250. The summed E-state index contributed by atoms with van der Waals surface area (Å²) in [6.07, 6.45) is 7.45. The molecule has 2 aromatic heterocycles. The Kier molecular flexibility index (Phi) is 2.98. The standard InChI is InChI=1S/C24H22N2/c1-2-8-16(9-3-1)26-22-13-7-5-11-18(22)20-15-14-19-17-10-4-6-12-21(17)25-23(19)24(20)26/h1-3,5,7-9,11,13,25H,4,6,10,12,14-15H2. The average molecular weight is 338 g/mol. The van der Waals surface area contributed by atoms with E-state index in [4.69, 9.17) is 0 Å². The van der Waals surface area contributed by atoms with Crippen LogP contribution in [0.3, 0.4) is 0 Å². The second-order valence-corrected chi connectivity index (χ2v) is 7.66. The summed E-state index contributed by atoms with van der Waals surface area (Å²) in [6.45, 7) is 0. The van der Waals surface area contributed by atoms with Gasteiger partial charge in [-0.2, -0.15) is 0 Å². The van der Waals surface area contributed by atoms with E-state index in [2.05, 4.69) is 64.1 Å². The molecule has 0 spiro atoms. The number of rotatable bonds is 1. The number of aromatic amines is 1. The summed E-state index contributed by atoms with van der Waals surface area (Å²) >= 11 is 0. The summed E-state index contributed by atoms with van der Waals surface area (Å²) in [5.41, 5.74) is 11.6. The molecule has 0 aliphatic heterocycles. The monoisotopic (exact) mass is 338 g/mol. The highest BCUT2D eigenvalue weighted by Gasteiger charge is 2.30. The SMILES string of the molecule is c1ccc(-n2c3c(c4ccccc42)CCc2c-3[nH]c3c2CCCC3)cc1. The number of aromatic nitrogens is 2. The lowest BCUT2D eigenvalue weighted by Crippen LogP contribution is -2.07. The van der Waals surface area contributed by atoms with Gasteiger partial charge in [0.2, 0.25) is 0 Å². The smallest absolute Gasteiger partial charge is 0.0738 e. The van der Waals surface area contributed by atoms with Crippen molar-refractivity contribution in [1.29, 1.82) is 0 Å². The number of fused-ring (bicyclic) bond motifs is 7. The highest BCUT2D eigenvalue weighted by molar-refractivity contribution is 5.94. The van der Waals surface area contributed by atoms with Gasteiger partial charge in [0.25, 0.3) is 0 Å². The van der Waals surface area contributed by atoms with Gasteiger partial charge in [0.1, 0.15) is 0 Å². The molecule has 2 aliphatic rings. The zero-order chi connectivity index (χ0) is 17.1. The summed E-state index contributed by atoms with van der Waals surface area (Å²) < 4.78 is 2.48. The van der Waals surface area contributed by atoms with Crippen LogP contribution in [0, 0.1) is 0 Å². The molecule has 128 valence electrons. The number of nitrogens with zero attached hydrogens (tertiary/aromatic N) is 1. The van der Waals surface area contributed by atoms with Crippen LogP contribution in [0.1, 0.15) is 35.2 Å². The molecule has 0 bridgehead atoms. The predicted molar refractivity (Wildman–Crippen MR) is 107 cm³/mol. The molecule has 2 aromatic carbocycles. The lowest BCUT2D eigenvalue weighted by atomic mass is 9.87. The van der Waals surface area contributed by atoms with Crippen LogP contribution in [0.5, 0.6) is 0 Å². The van der Waals surface area contributed by atoms with Crippen LogP contribution >= 0.6 is 0 Å². The molecule has 6 rings (SSSR count). The highest BCUT2D eigenvalue weighted by atomic mass is 15.0. The van der Waals surface area contributed by atoms with Crippen LogP contribution in [-0.4, -0.2) is 9.55 Å². The molecule has 0 fully saturated rings. The van der Waals surface area contributed by atoms with Crippen molar-refractivity contribution in [2.24, 2.45) is 0 Å². The zero-order valence-corrected chi connectivity index (χ0v) is 14.9. The lowest BCUT2D eigenvalue weighted by Gasteiger charge is -2.18. The first kappa shape index (κ1) is 14.4. The Hall–Kier alpha value is -2.74. The summed E-state index contributed by atoms with van der Waals surface area (Å²) in [7, 11) is 0. The summed E-state index contributed by atoms with van der Waals surface area (Å²) in [5.74, 6) is 0. The molecular weight excluding hydrogens is 316 g/mol. The normalized spacial score (nSPS) is 15.5. The first-order valence-corrected chi connectivity index (χ1v) is 9.82. The van der Waals surface area contributed by atoms with Crippen molar-refractivity contribution in [2.45, 2.75) is 38.5 Å². The van der Waals surface area contributed by atoms with Crippen molar-refractivity contribution in [2.75, 3.05) is 0 Å². The Bertz CT molecular complexity index is 1130. The molecule has 0 saturated carbocycles. The molecular formula is C24H22N2. The number of hydrogen-bond donors (Lipinski definition) is 1. The Morgan fingerprint density at radius 3 is 2.38 bits per heavy atom. The van der Waals surface area contributed by atoms with Gasteiger partial charge in [-0.05, 0) is 73.4 Å². The highest BCUT2D eigenvalue weighted by Crippen LogP contribution is 2.44. The van der Waals surface area contributed by atoms with Crippen molar-refractivity contribution in [3.63, 3.8) is 0 Å². The topological polar surface area (TPSA) is 20.7 Å². The van der Waals surface area contributed by atoms with Gasteiger partial charge in [-0.1, -0.05) is 36.4 Å². The van der Waals surface area contributed by atoms with Gasteiger partial charge in [-0.15, -0.1) is 0 Å². The van der Waals surface area contributed by atoms with Crippen molar-refractivity contribution in [3.8, 4) is 17.1 Å². The Balaban J connectivity index is 1.72. The van der Waals surface area contributed by atoms with Crippen LogP contribution in [0.4, 0.5) is 0 Å². The summed E-state index contributed by atoms with van der Waals surface area (Å²) in [6, 6.07) is 19.7. The van der Waals surface area contributed by atoms with E-state index in [1.54, 1.807) is 11.1 Å².